The van der Waals surface area contributed by atoms with Crippen molar-refractivity contribution in [2.24, 2.45) is 16.7 Å². The van der Waals surface area contributed by atoms with E-state index in [0.29, 0.717) is 19.0 Å². The average Bonchev–Trinajstić information content (AvgIpc) is 2.63. The molecule has 1 fully saturated rings. The molecule has 4 unspecified atom stereocenters. The maximum absolute atomic E-state index is 12.3. The van der Waals surface area contributed by atoms with Crippen LogP contribution in [0.25, 0.3) is 0 Å². The summed E-state index contributed by atoms with van der Waals surface area (Å²) in [6.07, 6.45) is 14.1. The molecule has 0 saturated heterocycles. The number of fused-ring (bicyclic) bond motifs is 1. The fraction of sp³-hybridized carbons (Fsp3) is 0.522. The largest absolute Gasteiger partial charge is 0.455 e. The van der Waals surface area contributed by atoms with Crippen LogP contribution in [0.5, 0.6) is 0 Å². The van der Waals surface area contributed by atoms with E-state index >= 15 is 0 Å². The van der Waals surface area contributed by atoms with E-state index in [-0.39, 0.29) is 16.9 Å². The van der Waals surface area contributed by atoms with E-state index in [1.165, 1.54) is 12.2 Å². The summed E-state index contributed by atoms with van der Waals surface area (Å²) < 4.78 is 5.70. The third-order valence-corrected chi connectivity index (χ3v) is 6.34. The van der Waals surface area contributed by atoms with Crippen molar-refractivity contribution in [1.82, 2.24) is 0 Å². The fourth-order valence-electron chi connectivity index (χ4n) is 5.03. The topological polar surface area (TPSA) is 80.7 Å². The minimum atomic E-state index is -1.88. The van der Waals surface area contributed by atoms with E-state index in [0.717, 1.165) is 12.8 Å². The molecule has 5 nitrogen and oxygen atoms in total. The van der Waals surface area contributed by atoms with Crippen LogP contribution in [0.1, 0.15) is 47.0 Å². The molecule has 152 valence electrons. The van der Waals surface area contributed by atoms with Crippen molar-refractivity contribution in [1.29, 1.82) is 0 Å². The third kappa shape index (κ3) is 3.81. The SMILES string of the molecule is CC=CC=CC=CC(=O)OC1C=C(C=O)C(O)(C=O)C2(C)CCCC(C)(C)C12. The maximum atomic E-state index is 12.3. The minimum Gasteiger partial charge on any atom is -0.455 e. The Hall–Kier alpha value is -2.27. The van der Waals surface area contributed by atoms with Crippen molar-refractivity contribution in [2.75, 3.05) is 0 Å². The van der Waals surface area contributed by atoms with Crippen LogP contribution in [0.3, 0.4) is 0 Å². The molecular weight excluding hydrogens is 356 g/mol. The van der Waals surface area contributed by atoms with Crippen molar-refractivity contribution in [2.45, 2.75) is 58.7 Å². The number of hydrogen-bond acceptors (Lipinski definition) is 5. The van der Waals surface area contributed by atoms with Crippen LogP contribution >= 0.6 is 0 Å². The zero-order valence-electron chi connectivity index (χ0n) is 17.1. The van der Waals surface area contributed by atoms with Crippen molar-refractivity contribution < 1.29 is 24.2 Å². The van der Waals surface area contributed by atoms with Crippen molar-refractivity contribution in [3.05, 3.63) is 48.1 Å². The van der Waals surface area contributed by atoms with Crippen LogP contribution in [0.15, 0.2) is 48.1 Å². The molecule has 0 heterocycles. The summed E-state index contributed by atoms with van der Waals surface area (Å²) in [5, 5.41) is 11.2. The summed E-state index contributed by atoms with van der Waals surface area (Å²) in [4.78, 5) is 35.9. The van der Waals surface area contributed by atoms with E-state index in [1.54, 1.807) is 18.2 Å². The third-order valence-electron chi connectivity index (χ3n) is 6.34. The zero-order valence-corrected chi connectivity index (χ0v) is 17.1. The number of esters is 1. The summed E-state index contributed by atoms with van der Waals surface area (Å²) in [5.41, 5.74) is -3.10. The van der Waals surface area contributed by atoms with Gasteiger partial charge in [-0.3, -0.25) is 9.59 Å². The van der Waals surface area contributed by atoms with Gasteiger partial charge in [0.15, 0.2) is 11.9 Å². The average molecular weight is 386 g/mol. The molecule has 1 N–H and O–H groups in total. The number of aldehydes is 2. The predicted molar refractivity (Wildman–Crippen MR) is 107 cm³/mol. The standard InChI is InChI=1S/C23H30O5/c1-5-6-7-8-9-11-19(26)28-18-14-17(15-24)23(27,16-25)22(4)13-10-12-21(2,3)20(18)22/h5-9,11,14-16,18,20,27H,10,12-13H2,1-4H3. The quantitative estimate of drug-likeness (QED) is 0.327. The first kappa shape index (κ1) is 22.0. The molecule has 0 aliphatic heterocycles. The molecule has 5 heteroatoms. The first-order chi connectivity index (χ1) is 13.2. The molecule has 0 aromatic heterocycles. The van der Waals surface area contributed by atoms with Crippen molar-refractivity contribution in [3.8, 4) is 0 Å². The molecule has 0 aromatic carbocycles. The van der Waals surface area contributed by atoms with Crippen molar-refractivity contribution >= 4 is 18.5 Å². The van der Waals surface area contributed by atoms with Gasteiger partial charge < -0.3 is 9.84 Å². The van der Waals surface area contributed by atoms with E-state index in [9.17, 15) is 19.5 Å². The fourth-order valence-corrected chi connectivity index (χ4v) is 5.03. The Bertz CT molecular complexity index is 742. The van der Waals surface area contributed by atoms with Gasteiger partial charge in [-0.15, -0.1) is 0 Å². The molecule has 28 heavy (non-hydrogen) atoms. The lowest BCUT2D eigenvalue weighted by molar-refractivity contribution is -0.184. The lowest BCUT2D eigenvalue weighted by Crippen LogP contribution is -2.64. The zero-order chi connectivity index (χ0) is 21.0. The number of ether oxygens (including phenoxy) is 1. The smallest absolute Gasteiger partial charge is 0.331 e. The lowest BCUT2D eigenvalue weighted by atomic mass is 9.46. The van der Waals surface area contributed by atoms with Gasteiger partial charge in [-0.2, -0.15) is 0 Å². The van der Waals surface area contributed by atoms with Gasteiger partial charge >= 0.3 is 5.97 Å². The Morgan fingerprint density at radius 1 is 1.14 bits per heavy atom. The predicted octanol–water partition coefficient (Wildman–Crippen LogP) is 3.49. The highest BCUT2D eigenvalue weighted by atomic mass is 16.5. The van der Waals surface area contributed by atoms with Crippen LogP contribution in [-0.2, 0) is 19.1 Å². The van der Waals surface area contributed by atoms with Gasteiger partial charge in [-0.25, -0.2) is 4.79 Å². The number of carbonyl (C=O) groups is 3. The molecule has 1 saturated carbocycles. The van der Waals surface area contributed by atoms with E-state index in [1.807, 2.05) is 26.0 Å². The van der Waals surface area contributed by atoms with Crippen LogP contribution < -0.4 is 0 Å². The molecule has 0 bridgehead atoms. The van der Waals surface area contributed by atoms with Gasteiger partial charge in [-0.1, -0.05) is 57.6 Å². The van der Waals surface area contributed by atoms with Gasteiger partial charge in [0.1, 0.15) is 12.4 Å². The molecule has 2 aliphatic carbocycles. The Balaban J connectivity index is 2.41. The number of aliphatic hydroxyl groups is 1. The van der Waals surface area contributed by atoms with Crippen LogP contribution in [0, 0.1) is 16.7 Å². The molecule has 0 radical (unpaired) electrons. The Kier molecular flexibility index (Phi) is 6.60. The summed E-state index contributed by atoms with van der Waals surface area (Å²) in [5.74, 6) is -0.833. The molecule has 0 aromatic rings. The van der Waals surface area contributed by atoms with Gasteiger partial charge in [0.25, 0.3) is 0 Å². The number of allylic oxidation sites excluding steroid dienone is 5. The maximum Gasteiger partial charge on any atom is 0.331 e. The van der Waals surface area contributed by atoms with Crippen LogP contribution in [-0.4, -0.2) is 35.4 Å². The van der Waals surface area contributed by atoms with E-state index < -0.39 is 23.1 Å². The van der Waals surface area contributed by atoms with Crippen LogP contribution in [0.4, 0.5) is 0 Å². The summed E-state index contributed by atoms with van der Waals surface area (Å²) in [6, 6.07) is 0. The van der Waals surface area contributed by atoms with E-state index in [4.69, 9.17) is 4.74 Å². The molecule has 2 aliphatic rings. The second kappa shape index (κ2) is 8.39. The highest BCUT2D eigenvalue weighted by molar-refractivity contribution is 5.89. The highest BCUT2D eigenvalue weighted by Gasteiger charge is 2.64. The second-order valence-electron chi connectivity index (χ2n) is 8.53. The molecular formula is C23H30O5. The molecule has 2 rings (SSSR count). The summed E-state index contributed by atoms with van der Waals surface area (Å²) >= 11 is 0. The summed E-state index contributed by atoms with van der Waals surface area (Å²) in [6.45, 7) is 7.82. The molecule has 4 atom stereocenters. The lowest BCUT2D eigenvalue weighted by Gasteiger charge is -2.59. The Morgan fingerprint density at radius 2 is 1.82 bits per heavy atom. The molecule has 0 amide bonds. The number of hydrogen-bond donors (Lipinski definition) is 1. The Morgan fingerprint density at radius 3 is 2.43 bits per heavy atom. The van der Waals surface area contributed by atoms with E-state index in [2.05, 4.69) is 13.8 Å². The summed E-state index contributed by atoms with van der Waals surface area (Å²) in [7, 11) is 0. The minimum absolute atomic E-state index is 0.0336. The van der Waals surface area contributed by atoms with Gasteiger partial charge in [0.05, 0.1) is 0 Å². The number of carbonyl (C=O) groups excluding carboxylic acids is 3. The normalized spacial score (nSPS) is 35.0. The first-order valence-electron chi connectivity index (χ1n) is 9.69. The van der Waals surface area contributed by atoms with Crippen molar-refractivity contribution in [3.63, 3.8) is 0 Å². The number of rotatable bonds is 6. The van der Waals surface area contributed by atoms with Gasteiger partial charge in [0, 0.05) is 23.0 Å². The second-order valence-corrected chi connectivity index (χ2v) is 8.53. The van der Waals surface area contributed by atoms with Gasteiger partial charge in [0.2, 0.25) is 0 Å². The Labute approximate surface area is 166 Å². The highest BCUT2D eigenvalue weighted by Crippen LogP contribution is 2.60. The molecule has 0 spiro atoms. The first-order valence-corrected chi connectivity index (χ1v) is 9.69. The van der Waals surface area contributed by atoms with Crippen LogP contribution in [0.2, 0.25) is 0 Å². The van der Waals surface area contributed by atoms with Gasteiger partial charge in [-0.05, 0) is 31.3 Å². The monoisotopic (exact) mass is 386 g/mol.